The van der Waals surface area contributed by atoms with Crippen molar-refractivity contribution in [3.63, 3.8) is 0 Å². The zero-order valence-electron chi connectivity index (χ0n) is 8.58. The van der Waals surface area contributed by atoms with E-state index in [9.17, 15) is 14.5 Å². The molecule has 0 aromatic heterocycles. The maximum absolute atomic E-state index is 13.2. The van der Waals surface area contributed by atoms with Crippen molar-refractivity contribution in [1.29, 1.82) is 0 Å². The summed E-state index contributed by atoms with van der Waals surface area (Å²) < 4.78 is 13.2. The summed E-state index contributed by atoms with van der Waals surface area (Å²) in [4.78, 5) is 12.3. The van der Waals surface area contributed by atoms with E-state index < -0.39 is 10.7 Å². The van der Waals surface area contributed by atoms with E-state index in [1.54, 1.807) is 0 Å². The van der Waals surface area contributed by atoms with Crippen molar-refractivity contribution in [2.45, 2.75) is 0 Å². The number of nitrogens with zero attached hydrogens (tertiary/aromatic N) is 4. The van der Waals surface area contributed by atoms with E-state index in [-0.39, 0.29) is 23.5 Å². The topological polar surface area (TPSA) is 118 Å². The van der Waals surface area contributed by atoms with E-state index >= 15 is 0 Å². The number of nitro benzene ring substituents is 1. The quantitative estimate of drug-likeness (QED) is 0.216. The molecule has 0 aliphatic heterocycles. The van der Waals surface area contributed by atoms with Crippen LogP contribution in [0.1, 0.15) is 5.56 Å². The van der Waals surface area contributed by atoms with E-state index in [1.165, 1.54) is 12.2 Å². The lowest BCUT2D eigenvalue weighted by Gasteiger charge is -2.01. The van der Waals surface area contributed by atoms with Crippen molar-refractivity contribution in [3.8, 4) is 0 Å². The normalized spacial score (nSPS) is 10.2. The zero-order valence-corrected chi connectivity index (χ0v) is 8.58. The number of anilines is 1. The second kappa shape index (κ2) is 5.47. The molecule has 1 aromatic carbocycles. The third kappa shape index (κ3) is 3.18. The molecule has 0 saturated carbocycles. The van der Waals surface area contributed by atoms with Gasteiger partial charge in [0, 0.05) is 23.1 Å². The number of nitrogen functional groups attached to an aromatic ring is 1. The summed E-state index contributed by atoms with van der Waals surface area (Å²) in [7, 11) is 0. The molecule has 1 aromatic rings. The Balaban J connectivity index is 3.09. The third-order valence-electron chi connectivity index (χ3n) is 1.90. The largest absolute Gasteiger partial charge is 0.396 e. The van der Waals surface area contributed by atoms with Crippen LogP contribution in [0.15, 0.2) is 23.3 Å². The highest BCUT2D eigenvalue weighted by Gasteiger charge is 2.12. The summed E-state index contributed by atoms with van der Waals surface area (Å²) in [6.07, 6.45) is 2.79. The van der Waals surface area contributed by atoms with Gasteiger partial charge >= 0.3 is 0 Å². The van der Waals surface area contributed by atoms with Gasteiger partial charge in [0.15, 0.2) is 5.82 Å². The number of non-ortho nitro benzene ring substituents is 1. The van der Waals surface area contributed by atoms with Gasteiger partial charge in [0.2, 0.25) is 0 Å². The first kappa shape index (κ1) is 12.5. The van der Waals surface area contributed by atoms with Crippen LogP contribution in [-0.4, -0.2) is 11.5 Å². The Morgan fingerprint density at radius 1 is 1.65 bits per heavy atom. The molecule has 0 bridgehead atoms. The Bertz CT molecular complexity index is 522. The van der Waals surface area contributed by atoms with Gasteiger partial charge in [-0.15, -0.1) is 0 Å². The smallest absolute Gasteiger partial charge is 0.273 e. The summed E-state index contributed by atoms with van der Waals surface area (Å²) in [6, 6.07) is 1.89. The van der Waals surface area contributed by atoms with Crippen LogP contribution < -0.4 is 5.73 Å². The van der Waals surface area contributed by atoms with Crippen LogP contribution in [0.2, 0.25) is 0 Å². The number of azide groups is 1. The average Bonchev–Trinajstić information content (AvgIpc) is 2.29. The highest BCUT2D eigenvalue weighted by molar-refractivity contribution is 5.68. The fraction of sp³-hybridized carbons (Fsp3) is 0.111. The molecule has 0 fully saturated rings. The highest BCUT2D eigenvalue weighted by Crippen LogP contribution is 2.24. The van der Waals surface area contributed by atoms with E-state index in [1.807, 2.05) is 0 Å². The van der Waals surface area contributed by atoms with Crippen LogP contribution in [0, 0.1) is 15.9 Å². The third-order valence-corrected chi connectivity index (χ3v) is 1.90. The monoisotopic (exact) mass is 237 g/mol. The molecular weight excluding hydrogens is 229 g/mol. The van der Waals surface area contributed by atoms with Crippen LogP contribution >= 0.6 is 0 Å². The lowest BCUT2D eigenvalue weighted by atomic mass is 10.1. The predicted molar refractivity (Wildman–Crippen MR) is 60.5 cm³/mol. The van der Waals surface area contributed by atoms with Gasteiger partial charge in [0.05, 0.1) is 16.7 Å². The van der Waals surface area contributed by atoms with Gasteiger partial charge in [-0.2, -0.15) is 0 Å². The number of halogens is 1. The van der Waals surface area contributed by atoms with Gasteiger partial charge in [0.1, 0.15) is 0 Å². The molecule has 7 nitrogen and oxygen atoms in total. The molecule has 0 unspecified atom stereocenters. The maximum atomic E-state index is 13.2. The van der Waals surface area contributed by atoms with Crippen molar-refractivity contribution in [3.05, 3.63) is 50.1 Å². The summed E-state index contributed by atoms with van der Waals surface area (Å²) in [5, 5.41) is 13.7. The Hall–Kier alpha value is -2.60. The van der Waals surface area contributed by atoms with E-state index in [4.69, 9.17) is 11.3 Å². The Morgan fingerprint density at radius 2 is 2.35 bits per heavy atom. The number of hydrogen-bond acceptors (Lipinski definition) is 4. The van der Waals surface area contributed by atoms with Crippen LogP contribution in [0.25, 0.3) is 16.5 Å². The molecule has 8 heteroatoms. The minimum absolute atomic E-state index is 0.0558. The van der Waals surface area contributed by atoms with Gasteiger partial charge in [-0.1, -0.05) is 17.3 Å². The second-order valence-corrected chi connectivity index (χ2v) is 3.00. The van der Waals surface area contributed by atoms with Gasteiger partial charge in [-0.05, 0) is 5.53 Å². The Kier molecular flexibility index (Phi) is 4.02. The average molecular weight is 237 g/mol. The molecule has 0 atom stereocenters. The summed E-state index contributed by atoms with van der Waals surface area (Å²) >= 11 is 0. The van der Waals surface area contributed by atoms with E-state index in [0.717, 1.165) is 12.1 Å². The molecule has 0 aliphatic carbocycles. The first-order valence-electron chi connectivity index (χ1n) is 4.47. The van der Waals surface area contributed by atoms with Crippen LogP contribution in [-0.2, 0) is 0 Å². The van der Waals surface area contributed by atoms with Crippen LogP contribution in [0.4, 0.5) is 15.8 Å². The van der Waals surface area contributed by atoms with Gasteiger partial charge in [-0.25, -0.2) is 4.39 Å². The lowest BCUT2D eigenvalue weighted by molar-refractivity contribution is -0.385. The van der Waals surface area contributed by atoms with Crippen molar-refractivity contribution in [1.82, 2.24) is 0 Å². The SMILES string of the molecule is [N-]=[N+]=NCC=Cc1cc([N+](=O)[O-])cc(F)c1N. The molecule has 0 spiro atoms. The molecule has 0 radical (unpaired) electrons. The molecular formula is C9H8FN5O2. The fourth-order valence-corrected chi connectivity index (χ4v) is 1.13. The van der Waals surface area contributed by atoms with Gasteiger partial charge < -0.3 is 5.73 Å². The summed E-state index contributed by atoms with van der Waals surface area (Å²) in [6.45, 7) is 0.0558. The first-order chi connectivity index (χ1) is 8.06. The summed E-state index contributed by atoms with van der Waals surface area (Å²) in [5.41, 5.74) is 13.0. The van der Waals surface area contributed by atoms with E-state index in [0.29, 0.717) is 0 Å². The number of hydrogen-bond donors (Lipinski definition) is 1. The van der Waals surface area contributed by atoms with Gasteiger partial charge in [-0.3, -0.25) is 10.1 Å². The van der Waals surface area contributed by atoms with Crippen molar-refractivity contribution >= 4 is 17.5 Å². The molecule has 1 rings (SSSR count). The molecule has 2 N–H and O–H groups in total. The molecule has 0 heterocycles. The Morgan fingerprint density at radius 3 is 2.94 bits per heavy atom. The standard InChI is InChI=1S/C9H8FN5O2/c10-8-5-7(15(16)17)4-6(9(8)11)2-1-3-13-14-12/h1-2,4-5H,3,11H2. The molecule has 17 heavy (non-hydrogen) atoms. The Labute approximate surface area is 95.1 Å². The van der Waals surface area contributed by atoms with Gasteiger partial charge in [0.25, 0.3) is 5.69 Å². The van der Waals surface area contributed by atoms with Crippen LogP contribution in [0.3, 0.4) is 0 Å². The number of nitrogens with two attached hydrogens (primary N) is 1. The molecule has 0 saturated heterocycles. The van der Waals surface area contributed by atoms with Crippen molar-refractivity contribution in [2.24, 2.45) is 5.11 Å². The van der Waals surface area contributed by atoms with Crippen molar-refractivity contribution < 1.29 is 9.31 Å². The fourth-order valence-electron chi connectivity index (χ4n) is 1.13. The number of nitro groups is 1. The molecule has 88 valence electrons. The zero-order chi connectivity index (χ0) is 12.8. The van der Waals surface area contributed by atoms with E-state index in [2.05, 4.69) is 10.0 Å². The second-order valence-electron chi connectivity index (χ2n) is 3.00. The molecule has 0 amide bonds. The first-order valence-corrected chi connectivity index (χ1v) is 4.47. The lowest BCUT2D eigenvalue weighted by Crippen LogP contribution is -1.97. The van der Waals surface area contributed by atoms with Crippen molar-refractivity contribution in [2.75, 3.05) is 12.3 Å². The number of benzene rings is 1. The minimum Gasteiger partial charge on any atom is -0.396 e. The maximum Gasteiger partial charge on any atom is 0.273 e. The highest BCUT2D eigenvalue weighted by atomic mass is 19.1. The predicted octanol–water partition coefficient (Wildman–Crippen LogP) is 2.64. The minimum atomic E-state index is -0.859. The summed E-state index contributed by atoms with van der Waals surface area (Å²) in [5.74, 6) is -0.859. The molecule has 0 aliphatic rings. The number of rotatable bonds is 4. The van der Waals surface area contributed by atoms with Crippen LogP contribution in [0.5, 0.6) is 0 Å².